The number of rotatable bonds is 3. The number of nitrogens with one attached hydrogen (secondary N) is 1. The van der Waals surface area contributed by atoms with Gasteiger partial charge < -0.3 is 24.9 Å². The molecule has 0 aliphatic carbocycles. The minimum absolute atomic E-state index is 0.0747. The third-order valence-electron chi connectivity index (χ3n) is 3.31. The lowest BCUT2D eigenvalue weighted by Crippen LogP contribution is -2.43. The van der Waals surface area contributed by atoms with E-state index in [1.165, 1.54) is 10.8 Å². The van der Waals surface area contributed by atoms with E-state index >= 15 is 0 Å². The largest absolute Gasteiger partial charge is 0.382 e. The molecule has 19 heavy (non-hydrogen) atoms. The summed E-state index contributed by atoms with van der Waals surface area (Å²) in [6.45, 7) is 1.87. The summed E-state index contributed by atoms with van der Waals surface area (Å²) in [5.74, 6) is -0.591. The first-order valence-corrected chi connectivity index (χ1v) is 6.14. The van der Waals surface area contributed by atoms with Crippen LogP contribution in [0.1, 0.15) is 23.5 Å². The molecule has 0 radical (unpaired) electrons. The molecule has 8 nitrogen and oxygen atoms in total. The van der Waals surface area contributed by atoms with Gasteiger partial charge in [0, 0.05) is 13.1 Å². The van der Waals surface area contributed by atoms with E-state index in [0.29, 0.717) is 0 Å². The molecule has 0 saturated carbocycles. The van der Waals surface area contributed by atoms with Gasteiger partial charge in [-0.3, -0.25) is 4.79 Å². The third kappa shape index (κ3) is 3.08. The number of aromatic nitrogens is 2. The van der Waals surface area contributed by atoms with Crippen LogP contribution in [0.4, 0.5) is 5.82 Å². The minimum Gasteiger partial charge on any atom is -0.358 e. The number of imidazole rings is 1. The molecule has 1 N–H and O–H groups in total. The second kappa shape index (κ2) is 5.35. The van der Waals surface area contributed by atoms with Crippen LogP contribution in [-0.4, -0.2) is 51.5 Å². The van der Waals surface area contributed by atoms with Crippen molar-refractivity contribution in [3.05, 3.63) is 22.1 Å². The monoisotopic (exact) mass is 267 g/mol. The van der Waals surface area contributed by atoms with Gasteiger partial charge in [0.15, 0.2) is 0 Å². The average molecular weight is 267 g/mol. The van der Waals surface area contributed by atoms with E-state index in [4.69, 9.17) is 0 Å². The Morgan fingerprint density at radius 1 is 1.47 bits per heavy atom. The van der Waals surface area contributed by atoms with Crippen LogP contribution < -0.4 is 5.32 Å². The highest BCUT2D eigenvalue weighted by Gasteiger charge is 2.26. The number of nitro groups is 1. The van der Waals surface area contributed by atoms with E-state index in [0.717, 1.165) is 25.9 Å². The Balaban J connectivity index is 2.02. The molecule has 1 amide bonds. The number of carbonyl (C=O) groups excluding carboxylic acids is 1. The molecule has 1 aromatic heterocycles. The summed E-state index contributed by atoms with van der Waals surface area (Å²) in [5, 5.41) is 13.5. The van der Waals surface area contributed by atoms with Gasteiger partial charge in [-0.1, -0.05) is 0 Å². The van der Waals surface area contributed by atoms with E-state index in [1.54, 1.807) is 7.05 Å². The Kier molecular flexibility index (Phi) is 3.79. The number of nitrogens with zero attached hydrogens (tertiary/aromatic N) is 4. The fraction of sp³-hybridized carbons (Fsp3) is 0.636. The van der Waals surface area contributed by atoms with Crippen molar-refractivity contribution < 1.29 is 9.72 Å². The van der Waals surface area contributed by atoms with Gasteiger partial charge in [-0.15, -0.1) is 0 Å². The van der Waals surface area contributed by atoms with Crippen molar-refractivity contribution in [1.82, 2.24) is 19.8 Å². The molecule has 0 bridgehead atoms. The van der Waals surface area contributed by atoms with Crippen LogP contribution in [0.3, 0.4) is 0 Å². The number of piperidine rings is 1. The summed E-state index contributed by atoms with van der Waals surface area (Å²) in [6.07, 6.45) is 3.01. The first-order valence-electron chi connectivity index (χ1n) is 6.14. The summed E-state index contributed by atoms with van der Waals surface area (Å²) in [7, 11) is 3.61. The van der Waals surface area contributed by atoms with Crippen molar-refractivity contribution in [2.24, 2.45) is 7.05 Å². The molecule has 1 fully saturated rings. The maximum absolute atomic E-state index is 12.0. The Labute approximate surface area is 110 Å². The topological polar surface area (TPSA) is 93.3 Å². The van der Waals surface area contributed by atoms with Crippen molar-refractivity contribution in [2.75, 3.05) is 20.1 Å². The molecule has 1 aromatic rings. The maximum Gasteiger partial charge on any atom is 0.382 e. The molecule has 8 heteroatoms. The van der Waals surface area contributed by atoms with Gasteiger partial charge in [-0.05, 0) is 42.9 Å². The molecule has 104 valence electrons. The zero-order chi connectivity index (χ0) is 14.0. The van der Waals surface area contributed by atoms with Gasteiger partial charge >= 0.3 is 17.5 Å². The number of aryl methyl sites for hydroxylation is 1. The van der Waals surface area contributed by atoms with E-state index in [2.05, 4.69) is 15.2 Å². The molecule has 1 aliphatic heterocycles. The molecule has 0 spiro atoms. The average Bonchev–Trinajstić information content (AvgIpc) is 2.74. The number of hydrogen-bond acceptors (Lipinski definition) is 5. The highest BCUT2D eigenvalue weighted by atomic mass is 16.6. The van der Waals surface area contributed by atoms with E-state index < -0.39 is 4.92 Å². The Morgan fingerprint density at radius 3 is 2.63 bits per heavy atom. The molecular formula is C11H17N5O3. The van der Waals surface area contributed by atoms with Crippen LogP contribution in [0.15, 0.2) is 6.20 Å². The zero-order valence-corrected chi connectivity index (χ0v) is 11.0. The van der Waals surface area contributed by atoms with Gasteiger partial charge in [0.2, 0.25) is 0 Å². The summed E-state index contributed by atoms with van der Waals surface area (Å²) < 4.78 is 1.38. The molecule has 1 aliphatic rings. The summed E-state index contributed by atoms with van der Waals surface area (Å²) >= 11 is 0. The first-order chi connectivity index (χ1) is 8.97. The zero-order valence-electron chi connectivity index (χ0n) is 11.0. The van der Waals surface area contributed by atoms with E-state index in [9.17, 15) is 14.9 Å². The van der Waals surface area contributed by atoms with Gasteiger partial charge in [0.25, 0.3) is 0 Å². The molecule has 0 atom stereocenters. The number of hydrogen-bond donors (Lipinski definition) is 1. The second-order valence-corrected chi connectivity index (χ2v) is 4.84. The maximum atomic E-state index is 12.0. The van der Waals surface area contributed by atoms with Crippen LogP contribution in [-0.2, 0) is 7.05 Å². The number of amides is 1. The lowest BCUT2D eigenvalue weighted by molar-refractivity contribution is -0.389. The fourth-order valence-corrected chi connectivity index (χ4v) is 2.15. The van der Waals surface area contributed by atoms with Crippen molar-refractivity contribution >= 4 is 11.7 Å². The molecule has 0 aromatic carbocycles. The summed E-state index contributed by atoms with van der Waals surface area (Å²) in [4.78, 5) is 28.0. The third-order valence-corrected chi connectivity index (χ3v) is 3.31. The van der Waals surface area contributed by atoms with Crippen LogP contribution in [0, 0.1) is 10.1 Å². The van der Waals surface area contributed by atoms with E-state index in [1.807, 2.05) is 7.05 Å². The highest BCUT2D eigenvalue weighted by Crippen LogP contribution is 2.12. The molecular weight excluding hydrogens is 250 g/mol. The van der Waals surface area contributed by atoms with Gasteiger partial charge in [0.05, 0.1) is 0 Å². The lowest BCUT2D eigenvalue weighted by Gasteiger charge is -2.29. The Hall–Kier alpha value is -1.96. The minimum atomic E-state index is -0.605. The SMILES string of the molecule is CN1CCC(NC(=O)c2nc([N+](=O)[O-])cn2C)CC1. The molecule has 0 unspecified atom stereocenters. The van der Waals surface area contributed by atoms with Crippen molar-refractivity contribution in [2.45, 2.75) is 18.9 Å². The Morgan fingerprint density at radius 2 is 2.11 bits per heavy atom. The summed E-state index contributed by atoms with van der Waals surface area (Å²) in [6, 6.07) is 0.111. The standard InChI is InChI=1S/C11H17N5O3/c1-14-5-3-8(4-6-14)12-11(17)10-13-9(16(18)19)7-15(10)2/h7-8H,3-6H2,1-2H3,(H,12,17). The number of carbonyl (C=O) groups is 1. The first kappa shape index (κ1) is 13.5. The van der Waals surface area contributed by atoms with Crippen LogP contribution >= 0.6 is 0 Å². The van der Waals surface area contributed by atoms with Crippen molar-refractivity contribution in [3.8, 4) is 0 Å². The van der Waals surface area contributed by atoms with Gasteiger partial charge in [-0.25, -0.2) is 0 Å². The van der Waals surface area contributed by atoms with Crippen LogP contribution in [0.2, 0.25) is 0 Å². The van der Waals surface area contributed by atoms with E-state index in [-0.39, 0.29) is 23.6 Å². The number of likely N-dealkylation sites (tertiary alicyclic amines) is 1. The van der Waals surface area contributed by atoms with Crippen LogP contribution in [0.25, 0.3) is 0 Å². The highest BCUT2D eigenvalue weighted by molar-refractivity contribution is 5.91. The van der Waals surface area contributed by atoms with Crippen molar-refractivity contribution in [1.29, 1.82) is 0 Å². The van der Waals surface area contributed by atoms with Crippen molar-refractivity contribution in [3.63, 3.8) is 0 Å². The molecule has 2 rings (SSSR count). The second-order valence-electron chi connectivity index (χ2n) is 4.84. The smallest absolute Gasteiger partial charge is 0.358 e. The van der Waals surface area contributed by atoms with Gasteiger partial charge in [0.1, 0.15) is 6.20 Å². The fourth-order valence-electron chi connectivity index (χ4n) is 2.15. The molecule has 1 saturated heterocycles. The quantitative estimate of drug-likeness (QED) is 0.621. The summed E-state index contributed by atoms with van der Waals surface area (Å²) in [5.41, 5.74) is 0. The predicted octanol–water partition coefficient (Wildman–Crippen LogP) is 0.152. The lowest BCUT2D eigenvalue weighted by atomic mass is 10.1. The van der Waals surface area contributed by atoms with Gasteiger partial charge in [-0.2, -0.15) is 0 Å². The predicted molar refractivity (Wildman–Crippen MR) is 67.8 cm³/mol. The Bertz CT molecular complexity index is 491. The molecule has 2 heterocycles. The normalized spacial score (nSPS) is 17.4. The van der Waals surface area contributed by atoms with Crippen LogP contribution in [0.5, 0.6) is 0 Å².